The maximum atomic E-state index is 4.49. The summed E-state index contributed by atoms with van der Waals surface area (Å²) in [5.41, 5.74) is 0.894. The Kier molecular flexibility index (Phi) is 4.24. The second kappa shape index (κ2) is 6.12. The number of hydrogen-bond donors (Lipinski definition) is 1. The maximum absolute atomic E-state index is 4.49. The zero-order chi connectivity index (χ0) is 13.9. The lowest BCUT2D eigenvalue weighted by atomic mass is 9.81. The molecule has 0 saturated heterocycles. The summed E-state index contributed by atoms with van der Waals surface area (Å²) in [4.78, 5) is 8.85. The van der Waals surface area contributed by atoms with E-state index in [1.54, 1.807) is 6.20 Å². The molecular formula is C15H21BrN4. The first-order valence-corrected chi connectivity index (χ1v) is 8.25. The third-order valence-corrected chi connectivity index (χ3v) is 4.62. The van der Waals surface area contributed by atoms with Crippen LogP contribution in [0.2, 0.25) is 0 Å². The van der Waals surface area contributed by atoms with Crippen molar-refractivity contribution in [1.82, 2.24) is 14.4 Å². The molecular weight excluding hydrogens is 316 g/mol. The molecule has 2 aromatic heterocycles. The van der Waals surface area contributed by atoms with Crippen molar-refractivity contribution in [2.75, 3.05) is 11.9 Å². The highest BCUT2D eigenvalue weighted by Crippen LogP contribution is 2.30. The van der Waals surface area contributed by atoms with Gasteiger partial charge in [0.15, 0.2) is 11.5 Å². The van der Waals surface area contributed by atoms with Gasteiger partial charge in [-0.1, -0.05) is 26.2 Å². The Hall–Kier alpha value is -1.10. The Morgan fingerprint density at radius 3 is 3.20 bits per heavy atom. The highest BCUT2D eigenvalue weighted by Gasteiger charge is 2.18. The van der Waals surface area contributed by atoms with E-state index in [9.17, 15) is 0 Å². The number of aromatic nitrogens is 3. The van der Waals surface area contributed by atoms with Gasteiger partial charge in [0.05, 0.1) is 0 Å². The normalized spacial score (nSPS) is 23.1. The molecule has 0 aromatic carbocycles. The lowest BCUT2D eigenvalue weighted by molar-refractivity contribution is 0.274. The predicted octanol–water partition coefficient (Wildman–Crippen LogP) is 4.12. The van der Waals surface area contributed by atoms with Gasteiger partial charge in [0, 0.05) is 25.1 Å². The highest BCUT2D eigenvalue weighted by molar-refractivity contribution is 9.10. The molecule has 0 aliphatic heterocycles. The fraction of sp³-hybridized carbons (Fsp3) is 0.600. The molecule has 2 atom stereocenters. The maximum Gasteiger partial charge on any atom is 0.180 e. The van der Waals surface area contributed by atoms with E-state index >= 15 is 0 Å². The van der Waals surface area contributed by atoms with Crippen LogP contribution in [0.15, 0.2) is 23.2 Å². The molecule has 108 valence electrons. The van der Waals surface area contributed by atoms with Crippen molar-refractivity contribution in [3.63, 3.8) is 0 Å². The van der Waals surface area contributed by atoms with Crippen LogP contribution in [0, 0.1) is 11.8 Å². The van der Waals surface area contributed by atoms with E-state index in [0.29, 0.717) is 0 Å². The molecule has 3 rings (SSSR count). The van der Waals surface area contributed by atoms with Gasteiger partial charge in [-0.15, -0.1) is 0 Å². The Morgan fingerprint density at radius 2 is 2.35 bits per heavy atom. The van der Waals surface area contributed by atoms with Crippen molar-refractivity contribution in [1.29, 1.82) is 0 Å². The molecule has 1 N–H and O–H groups in total. The van der Waals surface area contributed by atoms with Crippen LogP contribution in [0.4, 0.5) is 5.82 Å². The zero-order valence-electron chi connectivity index (χ0n) is 11.8. The minimum atomic E-state index is 0.830. The summed E-state index contributed by atoms with van der Waals surface area (Å²) in [5, 5.41) is 3.45. The summed E-state index contributed by atoms with van der Waals surface area (Å²) in [6, 6.07) is 0. The van der Waals surface area contributed by atoms with Crippen molar-refractivity contribution in [3.8, 4) is 0 Å². The third kappa shape index (κ3) is 3.14. The fourth-order valence-corrected chi connectivity index (χ4v) is 3.63. The Morgan fingerprint density at radius 1 is 1.45 bits per heavy atom. The molecule has 2 unspecified atom stereocenters. The summed E-state index contributed by atoms with van der Waals surface area (Å²) in [6.07, 6.45) is 12.5. The van der Waals surface area contributed by atoms with Crippen LogP contribution < -0.4 is 5.32 Å². The van der Waals surface area contributed by atoms with Gasteiger partial charge in [-0.3, -0.25) is 0 Å². The van der Waals surface area contributed by atoms with Gasteiger partial charge in [0.25, 0.3) is 0 Å². The Balaban J connectivity index is 1.61. The number of anilines is 1. The van der Waals surface area contributed by atoms with Gasteiger partial charge >= 0.3 is 0 Å². The van der Waals surface area contributed by atoms with Crippen LogP contribution in [0.3, 0.4) is 0 Å². The summed E-state index contributed by atoms with van der Waals surface area (Å²) in [7, 11) is 0. The van der Waals surface area contributed by atoms with E-state index in [1.165, 1.54) is 32.1 Å². The molecule has 1 aliphatic rings. The number of fused-ring (bicyclic) bond motifs is 1. The molecule has 0 amide bonds. The summed E-state index contributed by atoms with van der Waals surface area (Å²) < 4.78 is 2.82. The van der Waals surface area contributed by atoms with Gasteiger partial charge in [-0.05, 0) is 40.6 Å². The number of nitrogens with one attached hydrogen (secondary N) is 1. The Labute approximate surface area is 128 Å². The minimum Gasteiger partial charge on any atom is -0.367 e. The first-order valence-electron chi connectivity index (χ1n) is 7.45. The molecule has 5 heteroatoms. The molecule has 2 aromatic rings. The topological polar surface area (TPSA) is 42.2 Å². The van der Waals surface area contributed by atoms with E-state index in [0.717, 1.165) is 34.4 Å². The highest BCUT2D eigenvalue weighted by atomic mass is 79.9. The van der Waals surface area contributed by atoms with Crippen molar-refractivity contribution in [3.05, 3.63) is 23.2 Å². The lowest BCUT2D eigenvalue weighted by Crippen LogP contribution is -2.17. The van der Waals surface area contributed by atoms with Crippen LogP contribution in [0.25, 0.3) is 5.65 Å². The molecule has 20 heavy (non-hydrogen) atoms. The van der Waals surface area contributed by atoms with Gasteiger partial charge in [0.2, 0.25) is 0 Å². The SMILES string of the molecule is CC1CCCC(CCNc2nc(Br)cn3ccnc23)C1. The van der Waals surface area contributed by atoms with Crippen LogP contribution in [-0.4, -0.2) is 20.9 Å². The molecule has 0 radical (unpaired) electrons. The van der Waals surface area contributed by atoms with Gasteiger partial charge in [-0.2, -0.15) is 0 Å². The summed E-state index contributed by atoms with van der Waals surface area (Å²) >= 11 is 3.44. The third-order valence-electron chi connectivity index (χ3n) is 4.23. The Bertz CT molecular complexity index is 580. The van der Waals surface area contributed by atoms with E-state index < -0.39 is 0 Å². The quantitative estimate of drug-likeness (QED) is 0.913. The minimum absolute atomic E-state index is 0.830. The van der Waals surface area contributed by atoms with Crippen LogP contribution >= 0.6 is 15.9 Å². The number of halogens is 1. The van der Waals surface area contributed by atoms with Crippen LogP contribution in [0.5, 0.6) is 0 Å². The van der Waals surface area contributed by atoms with E-state index in [1.807, 2.05) is 16.8 Å². The molecule has 4 nitrogen and oxygen atoms in total. The second-order valence-electron chi connectivity index (χ2n) is 5.92. The largest absolute Gasteiger partial charge is 0.367 e. The van der Waals surface area contributed by atoms with Gasteiger partial charge in [-0.25, -0.2) is 9.97 Å². The summed E-state index contributed by atoms with van der Waals surface area (Å²) in [6.45, 7) is 3.35. The molecule has 1 aliphatic carbocycles. The predicted molar refractivity (Wildman–Crippen MR) is 84.9 cm³/mol. The standard InChI is InChI=1S/C15H21BrN4/c1-11-3-2-4-12(9-11)5-6-17-14-15-18-7-8-20(15)10-13(16)19-14/h7-8,10-12H,2-6,9H2,1H3,(H,17,19). The molecule has 0 bridgehead atoms. The van der Waals surface area contributed by atoms with Crippen LogP contribution in [0.1, 0.15) is 39.0 Å². The number of rotatable bonds is 4. The first kappa shape index (κ1) is 13.9. The zero-order valence-corrected chi connectivity index (χ0v) is 13.4. The molecule has 1 saturated carbocycles. The van der Waals surface area contributed by atoms with Crippen molar-refractivity contribution in [2.24, 2.45) is 11.8 Å². The van der Waals surface area contributed by atoms with E-state index in [2.05, 4.69) is 38.1 Å². The van der Waals surface area contributed by atoms with Crippen LogP contribution in [-0.2, 0) is 0 Å². The number of nitrogens with zero attached hydrogens (tertiary/aromatic N) is 3. The monoisotopic (exact) mass is 336 g/mol. The average molecular weight is 337 g/mol. The second-order valence-corrected chi connectivity index (χ2v) is 6.74. The van der Waals surface area contributed by atoms with Gasteiger partial charge < -0.3 is 9.72 Å². The van der Waals surface area contributed by atoms with Gasteiger partial charge in [0.1, 0.15) is 4.60 Å². The molecule has 2 heterocycles. The molecule has 1 fully saturated rings. The van der Waals surface area contributed by atoms with Crippen molar-refractivity contribution >= 4 is 27.4 Å². The van der Waals surface area contributed by atoms with Crippen molar-refractivity contribution < 1.29 is 0 Å². The van der Waals surface area contributed by atoms with E-state index in [4.69, 9.17) is 0 Å². The smallest absolute Gasteiger partial charge is 0.180 e. The van der Waals surface area contributed by atoms with E-state index in [-0.39, 0.29) is 0 Å². The average Bonchev–Trinajstić information content (AvgIpc) is 2.87. The number of hydrogen-bond acceptors (Lipinski definition) is 3. The molecule has 0 spiro atoms. The summed E-state index contributed by atoms with van der Waals surface area (Å²) in [5.74, 6) is 2.64. The number of imidazole rings is 1. The lowest BCUT2D eigenvalue weighted by Gasteiger charge is -2.26. The first-order chi connectivity index (χ1) is 9.72. The fourth-order valence-electron chi connectivity index (χ4n) is 3.24. The van der Waals surface area contributed by atoms with Crippen molar-refractivity contribution in [2.45, 2.75) is 39.0 Å².